The number of aliphatic hydroxyl groups excluding tert-OH is 1. The third-order valence-corrected chi connectivity index (χ3v) is 7.73. The lowest BCUT2D eigenvalue weighted by Crippen LogP contribution is -2.49. The SMILES string of the molecule is CCCCCCP(=O)(O)O[C@@H](CCCCNC(=O)OCc1ccccc1)C(O)N1CCC[C@H]1C(=O)O. The Labute approximate surface area is 213 Å². The number of nitrogens with zero attached hydrogens (tertiary/aromatic N) is 1. The molecule has 1 aromatic rings. The number of hydrogen-bond donors (Lipinski definition) is 4. The predicted octanol–water partition coefficient (Wildman–Crippen LogP) is 4.10. The highest BCUT2D eigenvalue weighted by molar-refractivity contribution is 7.52. The van der Waals surface area contributed by atoms with Crippen molar-refractivity contribution in [3.05, 3.63) is 35.9 Å². The number of aliphatic carboxylic acids is 1. The summed E-state index contributed by atoms with van der Waals surface area (Å²) < 4.78 is 23.4. The number of likely N-dealkylation sites (tertiary alicyclic amines) is 1. The number of aliphatic hydroxyl groups is 1. The van der Waals surface area contributed by atoms with Gasteiger partial charge in [0, 0.05) is 19.3 Å². The third kappa shape index (κ3) is 11.0. The highest BCUT2D eigenvalue weighted by Crippen LogP contribution is 2.46. The number of unbranched alkanes of at least 4 members (excludes halogenated alkanes) is 4. The molecule has 0 radical (unpaired) electrons. The molecule has 2 unspecified atom stereocenters. The van der Waals surface area contributed by atoms with Gasteiger partial charge in [0.05, 0.1) is 0 Å². The largest absolute Gasteiger partial charge is 0.480 e. The zero-order chi connectivity index (χ0) is 26.4. The van der Waals surface area contributed by atoms with E-state index < -0.39 is 38.0 Å². The Bertz CT molecular complexity index is 841. The Morgan fingerprint density at radius 3 is 2.61 bits per heavy atom. The van der Waals surface area contributed by atoms with Gasteiger partial charge in [-0.15, -0.1) is 0 Å². The van der Waals surface area contributed by atoms with E-state index in [1.807, 2.05) is 37.3 Å². The number of carbonyl (C=O) groups is 2. The standard InChI is InChI=1S/C25H41N2O8P/c1-2-3-4-10-18-36(32,33)35-22(23(28)27-17-11-14-21(27)24(29)30)15-8-9-16-26-25(31)34-19-20-12-6-5-7-13-20/h5-7,12-13,21-23,28H,2-4,8-11,14-19H2,1H3,(H,26,31)(H,29,30)(H,32,33)/t21-,22-,23?/m0/s1. The van der Waals surface area contributed by atoms with Crippen LogP contribution in [0.2, 0.25) is 0 Å². The van der Waals surface area contributed by atoms with Crippen LogP contribution in [0.15, 0.2) is 30.3 Å². The van der Waals surface area contributed by atoms with Gasteiger partial charge in [-0.25, -0.2) is 4.79 Å². The molecule has 1 aromatic carbocycles. The number of ether oxygens (including phenoxy) is 1. The molecule has 1 fully saturated rings. The van der Waals surface area contributed by atoms with Crippen LogP contribution in [0.5, 0.6) is 0 Å². The number of carboxylic acid groups (broad SMARTS) is 1. The van der Waals surface area contributed by atoms with E-state index in [-0.39, 0.29) is 19.2 Å². The van der Waals surface area contributed by atoms with Crippen LogP contribution in [0.3, 0.4) is 0 Å². The van der Waals surface area contributed by atoms with E-state index >= 15 is 0 Å². The van der Waals surface area contributed by atoms with E-state index in [0.717, 1.165) is 24.8 Å². The summed E-state index contributed by atoms with van der Waals surface area (Å²) in [6.45, 7) is 2.92. The zero-order valence-corrected chi connectivity index (χ0v) is 22.0. The minimum absolute atomic E-state index is 0.00656. The Kier molecular flexibility index (Phi) is 13.4. The molecule has 0 bridgehead atoms. The second kappa shape index (κ2) is 16.0. The van der Waals surface area contributed by atoms with Crippen LogP contribution in [0.4, 0.5) is 4.79 Å². The van der Waals surface area contributed by atoms with Crippen LogP contribution in [0.25, 0.3) is 0 Å². The summed E-state index contributed by atoms with van der Waals surface area (Å²) in [6.07, 6.45) is 2.72. The number of amides is 1. The average molecular weight is 529 g/mol. The molecule has 4 atom stereocenters. The topological polar surface area (TPSA) is 146 Å². The fourth-order valence-corrected chi connectivity index (χ4v) is 5.64. The Balaban J connectivity index is 1.85. The maximum Gasteiger partial charge on any atom is 0.407 e. The number of carbonyl (C=O) groups excluding carboxylic acids is 1. The van der Waals surface area contributed by atoms with E-state index in [9.17, 15) is 29.3 Å². The molecule has 0 aliphatic carbocycles. The molecule has 0 aromatic heterocycles. The van der Waals surface area contributed by atoms with Crippen LogP contribution in [-0.2, 0) is 25.2 Å². The second-order valence-corrected chi connectivity index (χ2v) is 11.1. The smallest absolute Gasteiger partial charge is 0.407 e. The molecular weight excluding hydrogens is 487 g/mol. The molecular formula is C25H41N2O8P. The van der Waals surface area contributed by atoms with E-state index in [0.29, 0.717) is 45.2 Å². The Morgan fingerprint density at radius 2 is 1.92 bits per heavy atom. The van der Waals surface area contributed by atoms with Gasteiger partial charge < -0.3 is 29.7 Å². The van der Waals surface area contributed by atoms with Crippen molar-refractivity contribution in [1.82, 2.24) is 10.2 Å². The first-order valence-corrected chi connectivity index (χ1v) is 14.6. The normalized spacial score (nSPS) is 19.4. The number of rotatable bonds is 17. The molecule has 2 rings (SSSR count). The summed E-state index contributed by atoms with van der Waals surface area (Å²) in [4.78, 5) is 35.3. The first-order valence-electron chi connectivity index (χ1n) is 12.8. The molecule has 204 valence electrons. The number of alkyl carbamates (subject to hydrolysis) is 1. The van der Waals surface area contributed by atoms with Crippen molar-refractivity contribution in [1.29, 1.82) is 0 Å². The minimum Gasteiger partial charge on any atom is -0.480 e. The molecule has 10 nitrogen and oxygen atoms in total. The van der Waals surface area contributed by atoms with Gasteiger partial charge in [-0.05, 0) is 44.1 Å². The average Bonchev–Trinajstić information content (AvgIpc) is 3.35. The van der Waals surface area contributed by atoms with Gasteiger partial charge >= 0.3 is 19.7 Å². The van der Waals surface area contributed by atoms with Gasteiger partial charge in [0.25, 0.3) is 0 Å². The lowest BCUT2D eigenvalue weighted by atomic mass is 10.1. The fourth-order valence-electron chi connectivity index (χ4n) is 4.28. The van der Waals surface area contributed by atoms with E-state index in [1.165, 1.54) is 4.90 Å². The van der Waals surface area contributed by atoms with Crippen molar-refractivity contribution in [2.45, 2.75) is 89.7 Å². The van der Waals surface area contributed by atoms with E-state index in [1.54, 1.807) is 0 Å². The summed E-state index contributed by atoms with van der Waals surface area (Å²) in [5, 5.41) is 23.1. The molecule has 11 heteroatoms. The molecule has 4 N–H and O–H groups in total. The van der Waals surface area contributed by atoms with E-state index in [2.05, 4.69) is 5.32 Å². The van der Waals surface area contributed by atoms with Gasteiger partial charge in [0.1, 0.15) is 25.0 Å². The highest BCUT2D eigenvalue weighted by Gasteiger charge is 2.40. The van der Waals surface area contributed by atoms with Crippen LogP contribution >= 0.6 is 7.60 Å². The maximum atomic E-state index is 12.7. The molecule has 1 amide bonds. The molecule has 1 aliphatic rings. The molecule has 1 heterocycles. The summed E-state index contributed by atoms with van der Waals surface area (Å²) in [7, 11) is -3.96. The summed E-state index contributed by atoms with van der Waals surface area (Å²) in [5.41, 5.74) is 0.881. The van der Waals surface area contributed by atoms with Crippen LogP contribution in [0, 0.1) is 0 Å². The lowest BCUT2D eigenvalue weighted by Gasteiger charge is -2.33. The molecule has 36 heavy (non-hydrogen) atoms. The molecule has 1 aliphatic heterocycles. The number of hydrogen-bond acceptors (Lipinski definition) is 7. The fraction of sp³-hybridized carbons (Fsp3) is 0.680. The highest BCUT2D eigenvalue weighted by atomic mass is 31.2. The maximum absolute atomic E-state index is 12.7. The van der Waals surface area contributed by atoms with Gasteiger partial charge in [-0.1, -0.05) is 56.5 Å². The minimum atomic E-state index is -3.96. The quantitative estimate of drug-likeness (QED) is 0.173. The van der Waals surface area contributed by atoms with Gasteiger partial charge in [0.2, 0.25) is 0 Å². The van der Waals surface area contributed by atoms with Crippen molar-refractivity contribution >= 4 is 19.7 Å². The molecule has 1 saturated heterocycles. The first kappa shape index (κ1) is 30.3. The summed E-state index contributed by atoms with van der Waals surface area (Å²) in [5.74, 6) is -1.03. The van der Waals surface area contributed by atoms with Crippen molar-refractivity contribution in [2.75, 3.05) is 19.3 Å². The molecule has 0 spiro atoms. The zero-order valence-electron chi connectivity index (χ0n) is 21.1. The van der Waals surface area contributed by atoms with Crippen LogP contribution in [-0.4, -0.2) is 69.7 Å². The summed E-state index contributed by atoms with van der Waals surface area (Å²) in [6, 6.07) is 8.47. The van der Waals surface area contributed by atoms with Gasteiger partial charge in [-0.2, -0.15) is 0 Å². The Hall–Kier alpha value is -1.97. The van der Waals surface area contributed by atoms with Crippen molar-refractivity contribution in [2.24, 2.45) is 0 Å². The van der Waals surface area contributed by atoms with Crippen LogP contribution < -0.4 is 5.32 Å². The van der Waals surface area contributed by atoms with E-state index in [4.69, 9.17) is 9.26 Å². The third-order valence-electron chi connectivity index (χ3n) is 6.24. The number of carboxylic acids is 1. The summed E-state index contributed by atoms with van der Waals surface area (Å²) >= 11 is 0. The predicted molar refractivity (Wildman–Crippen MR) is 136 cm³/mol. The lowest BCUT2D eigenvalue weighted by molar-refractivity contribution is -0.150. The first-order chi connectivity index (χ1) is 17.2. The van der Waals surface area contributed by atoms with Gasteiger partial charge in [-0.3, -0.25) is 14.3 Å². The van der Waals surface area contributed by atoms with Crippen molar-refractivity contribution in [3.8, 4) is 0 Å². The second-order valence-electron chi connectivity index (χ2n) is 9.20. The van der Waals surface area contributed by atoms with Crippen molar-refractivity contribution < 1.29 is 38.5 Å². The number of benzene rings is 1. The monoisotopic (exact) mass is 528 g/mol. The van der Waals surface area contributed by atoms with Crippen LogP contribution in [0.1, 0.15) is 70.3 Å². The Morgan fingerprint density at radius 1 is 1.17 bits per heavy atom. The van der Waals surface area contributed by atoms with Crippen molar-refractivity contribution in [3.63, 3.8) is 0 Å². The molecule has 0 saturated carbocycles. The number of nitrogens with one attached hydrogen (secondary N) is 1. The van der Waals surface area contributed by atoms with Gasteiger partial charge in [0.15, 0.2) is 0 Å².